The van der Waals surface area contributed by atoms with Crippen LogP contribution in [0.4, 0.5) is 5.13 Å². The Morgan fingerprint density at radius 2 is 2.24 bits per heavy atom. The summed E-state index contributed by atoms with van der Waals surface area (Å²) in [6.07, 6.45) is 4.16. The number of aromatic nitrogens is 4. The van der Waals surface area contributed by atoms with Crippen molar-refractivity contribution < 1.29 is 4.79 Å². The molecule has 1 aromatic carbocycles. The van der Waals surface area contributed by atoms with Crippen LogP contribution < -0.4 is 5.32 Å². The summed E-state index contributed by atoms with van der Waals surface area (Å²) in [6.45, 7) is 4.46. The number of amides is 1. The summed E-state index contributed by atoms with van der Waals surface area (Å²) in [4.78, 5) is 16.7. The fraction of sp³-hybridized carbons (Fsp3) is 0.294. The minimum absolute atomic E-state index is 0.0924. The number of hydrogen-bond acceptors (Lipinski definition) is 6. The molecule has 2 heterocycles. The van der Waals surface area contributed by atoms with Gasteiger partial charge in [-0.3, -0.25) is 4.79 Å². The monoisotopic (exact) mass is 371 g/mol. The summed E-state index contributed by atoms with van der Waals surface area (Å²) in [7, 11) is 0. The molecule has 0 saturated heterocycles. The Morgan fingerprint density at radius 3 is 3.00 bits per heavy atom. The van der Waals surface area contributed by atoms with Gasteiger partial charge in [0, 0.05) is 12.5 Å². The second-order valence-electron chi connectivity index (χ2n) is 5.84. The van der Waals surface area contributed by atoms with Crippen molar-refractivity contribution >= 4 is 44.4 Å². The molecule has 1 amide bonds. The van der Waals surface area contributed by atoms with Gasteiger partial charge in [0.25, 0.3) is 0 Å². The van der Waals surface area contributed by atoms with E-state index in [0.29, 0.717) is 17.6 Å². The van der Waals surface area contributed by atoms with Gasteiger partial charge in [-0.25, -0.2) is 4.98 Å². The lowest BCUT2D eigenvalue weighted by atomic mass is 10.3. The van der Waals surface area contributed by atoms with Crippen molar-refractivity contribution in [2.45, 2.75) is 30.5 Å². The zero-order chi connectivity index (χ0) is 17.2. The Morgan fingerprint density at radius 1 is 1.40 bits per heavy atom. The topological polar surface area (TPSA) is 72.7 Å². The molecular weight excluding hydrogens is 354 g/mol. The average Bonchev–Trinajstić information content (AvgIpc) is 3.24. The van der Waals surface area contributed by atoms with E-state index >= 15 is 0 Å². The molecule has 0 aliphatic heterocycles. The predicted octanol–water partition coefficient (Wildman–Crippen LogP) is 3.68. The minimum Gasteiger partial charge on any atom is -0.302 e. The number of nitrogens with zero attached hydrogens (tertiary/aromatic N) is 4. The maximum absolute atomic E-state index is 12.2. The van der Waals surface area contributed by atoms with E-state index < -0.39 is 0 Å². The molecule has 1 N–H and O–H groups in total. The van der Waals surface area contributed by atoms with Gasteiger partial charge in [-0.2, -0.15) is 0 Å². The van der Waals surface area contributed by atoms with Crippen LogP contribution in [-0.2, 0) is 11.3 Å². The van der Waals surface area contributed by atoms with Gasteiger partial charge in [-0.15, -0.1) is 16.8 Å². The molecule has 128 valence electrons. The highest BCUT2D eigenvalue weighted by Crippen LogP contribution is 2.40. The van der Waals surface area contributed by atoms with E-state index in [1.165, 1.54) is 23.1 Å². The highest BCUT2D eigenvalue weighted by molar-refractivity contribution is 7.99. The zero-order valence-corrected chi connectivity index (χ0v) is 15.1. The molecule has 0 spiro atoms. The van der Waals surface area contributed by atoms with Crippen molar-refractivity contribution in [1.82, 2.24) is 19.7 Å². The molecule has 25 heavy (non-hydrogen) atoms. The van der Waals surface area contributed by atoms with Crippen LogP contribution in [-0.4, -0.2) is 31.4 Å². The predicted molar refractivity (Wildman–Crippen MR) is 101 cm³/mol. The van der Waals surface area contributed by atoms with E-state index in [9.17, 15) is 4.79 Å². The Balaban J connectivity index is 1.40. The number of allylic oxidation sites excluding steroid dienone is 1. The summed E-state index contributed by atoms with van der Waals surface area (Å²) in [5, 5.41) is 12.8. The third-order valence-corrected chi connectivity index (χ3v) is 5.79. The zero-order valence-electron chi connectivity index (χ0n) is 13.5. The summed E-state index contributed by atoms with van der Waals surface area (Å²) < 4.78 is 3.12. The number of hydrogen-bond donors (Lipinski definition) is 1. The number of para-hydroxylation sites is 1. The Kier molecular flexibility index (Phi) is 4.54. The Hall–Kier alpha value is -2.19. The standard InChI is InChI=1S/C17H17N5OS2/c1-2-9-22-15(11-7-8-11)20-21-17(22)24-10-14(23)19-16-18-12-5-3-4-6-13(12)25-16/h2-6,11H,1,7-10H2,(H,18,19,23). The second-order valence-corrected chi connectivity index (χ2v) is 7.81. The lowest BCUT2D eigenvalue weighted by Gasteiger charge is -2.06. The molecule has 3 aromatic rings. The molecule has 8 heteroatoms. The van der Waals surface area contributed by atoms with Crippen molar-refractivity contribution in [3.8, 4) is 0 Å². The van der Waals surface area contributed by atoms with Crippen LogP contribution in [0.25, 0.3) is 10.2 Å². The molecule has 1 aliphatic rings. The van der Waals surface area contributed by atoms with Crippen molar-refractivity contribution in [3.63, 3.8) is 0 Å². The van der Waals surface area contributed by atoms with Crippen LogP contribution in [0.3, 0.4) is 0 Å². The lowest BCUT2D eigenvalue weighted by molar-refractivity contribution is -0.113. The van der Waals surface area contributed by atoms with E-state index in [0.717, 1.165) is 34.0 Å². The number of rotatable bonds is 7. The van der Waals surface area contributed by atoms with Crippen molar-refractivity contribution in [2.75, 3.05) is 11.1 Å². The van der Waals surface area contributed by atoms with Crippen LogP contribution in [0, 0.1) is 0 Å². The number of carbonyl (C=O) groups excluding carboxylic acids is 1. The molecule has 1 aliphatic carbocycles. The summed E-state index contributed by atoms with van der Waals surface area (Å²) in [6, 6.07) is 7.83. The number of fused-ring (bicyclic) bond motifs is 1. The molecule has 0 atom stereocenters. The van der Waals surface area contributed by atoms with Gasteiger partial charge in [0.1, 0.15) is 5.82 Å². The molecular formula is C17H17N5OS2. The van der Waals surface area contributed by atoms with Crippen LogP contribution >= 0.6 is 23.1 Å². The van der Waals surface area contributed by atoms with Crippen molar-refractivity contribution in [3.05, 3.63) is 42.7 Å². The van der Waals surface area contributed by atoms with Crippen LogP contribution in [0.2, 0.25) is 0 Å². The molecule has 4 rings (SSSR count). The van der Waals surface area contributed by atoms with Crippen molar-refractivity contribution in [1.29, 1.82) is 0 Å². The average molecular weight is 371 g/mol. The highest BCUT2D eigenvalue weighted by Gasteiger charge is 2.30. The number of thioether (sulfide) groups is 1. The summed E-state index contributed by atoms with van der Waals surface area (Å²) in [5.74, 6) is 1.70. The fourth-order valence-corrected chi connectivity index (χ4v) is 4.20. The van der Waals surface area contributed by atoms with E-state index in [1.807, 2.05) is 30.3 Å². The summed E-state index contributed by atoms with van der Waals surface area (Å²) >= 11 is 2.87. The smallest absolute Gasteiger partial charge is 0.236 e. The van der Waals surface area contributed by atoms with Gasteiger partial charge >= 0.3 is 0 Å². The van der Waals surface area contributed by atoms with Gasteiger partial charge in [0.2, 0.25) is 5.91 Å². The molecule has 0 unspecified atom stereocenters. The molecule has 1 saturated carbocycles. The molecule has 1 fully saturated rings. The maximum atomic E-state index is 12.2. The fourth-order valence-electron chi connectivity index (χ4n) is 2.56. The Labute approximate surface area is 153 Å². The molecule has 0 bridgehead atoms. The maximum Gasteiger partial charge on any atom is 0.236 e. The van der Waals surface area contributed by atoms with Gasteiger partial charge in [0.05, 0.1) is 16.0 Å². The van der Waals surface area contributed by atoms with Crippen LogP contribution in [0.5, 0.6) is 0 Å². The number of nitrogens with one attached hydrogen (secondary N) is 1. The van der Waals surface area contributed by atoms with Crippen LogP contribution in [0.1, 0.15) is 24.6 Å². The van der Waals surface area contributed by atoms with Gasteiger partial charge in [-0.1, -0.05) is 41.3 Å². The first kappa shape index (κ1) is 16.3. The van der Waals surface area contributed by atoms with E-state index in [1.54, 1.807) is 0 Å². The quantitative estimate of drug-likeness (QED) is 0.507. The molecule has 6 nitrogen and oxygen atoms in total. The molecule has 0 radical (unpaired) electrons. The first-order chi connectivity index (χ1) is 12.2. The summed E-state index contributed by atoms with van der Waals surface area (Å²) in [5.41, 5.74) is 0.898. The highest BCUT2D eigenvalue weighted by atomic mass is 32.2. The second kappa shape index (κ2) is 6.97. The van der Waals surface area contributed by atoms with E-state index in [4.69, 9.17) is 0 Å². The van der Waals surface area contributed by atoms with Gasteiger partial charge < -0.3 is 9.88 Å². The third kappa shape index (κ3) is 3.59. The first-order valence-corrected chi connectivity index (χ1v) is 9.87. The lowest BCUT2D eigenvalue weighted by Crippen LogP contribution is -2.14. The first-order valence-electron chi connectivity index (χ1n) is 8.07. The third-order valence-electron chi connectivity index (χ3n) is 3.87. The number of thiazole rings is 1. The van der Waals surface area contributed by atoms with Crippen molar-refractivity contribution in [2.24, 2.45) is 0 Å². The largest absolute Gasteiger partial charge is 0.302 e. The van der Waals surface area contributed by atoms with E-state index in [-0.39, 0.29) is 11.7 Å². The normalized spacial score (nSPS) is 13.9. The Bertz CT molecular complexity index is 895. The number of anilines is 1. The SMILES string of the molecule is C=CCn1c(SCC(=O)Nc2nc3ccccc3s2)nnc1C1CC1. The van der Waals surface area contributed by atoms with E-state index in [2.05, 4.69) is 31.6 Å². The van der Waals surface area contributed by atoms with Gasteiger partial charge in [-0.05, 0) is 25.0 Å². The van der Waals surface area contributed by atoms with Gasteiger partial charge in [0.15, 0.2) is 10.3 Å². The number of carbonyl (C=O) groups is 1. The minimum atomic E-state index is -0.0924. The number of benzene rings is 1. The van der Waals surface area contributed by atoms with Crippen LogP contribution in [0.15, 0.2) is 42.1 Å². The molecule has 2 aromatic heterocycles.